The van der Waals surface area contributed by atoms with Gasteiger partial charge in [-0.25, -0.2) is 4.99 Å². The number of hydrogen-bond donors (Lipinski definition) is 2. The SMILES string of the molecule is CC(C)C1=C/C(=C\NC23CC4CC(CC(C4)C2)C3)N=C1c1ccc[nH]1. The van der Waals surface area contributed by atoms with E-state index >= 15 is 0 Å². The fraction of sp³-hybridized carbons (Fsp3) is 0.591. The number of aliphatic imine (C=N–C) groups is 1. The predicted molar refractivity (Wildman–Crippen MR) is 102 cm³/mol. The summed E-state index contributed by atoms with van der Waals surface area (Å²) in [5.74, 6) is 3.40. The van der Waals surface area contributed by atoms with Crippen LogP contribution in [-0.4, -0.2) is 16.2 Å². The van der Waals surface area contributed by atoms with E-state index in [-0.39, 0.29) is 0 Å². The van der Waals surface area contributed by atoms with Gasteiger partial charge in [-0.1, -0.05) is 13.8 Å². The van der Waals surface area contributed by atoms with Gasteiger partial charge in [0.05, 0.1) is 17.1 Å². The van der Waals surface area contributed by atoms with Gasteiger partial charge in [-0.15, -0.1) is 0 Å². The van der Waals surface area contributed by atoms with E-state index in [0.717, 1.165) is 34.9 Å². The number of aromatic nitrogens is 1. The van der Waals surface area contributed by atoms with Crippen LogP contribution >= 0.6 is 0 Å². The van der Waals surface area contributed by atoms with Crippen LogP contribution in [0.25, 0.3) is 0 Å². The predicted octanol–water partition coefficient (Wildman–Crippen LogP) is 4.80. The first-order valence-electron chi connectivity index (χ1n) is 10.0. The van der Waals surface area contributed by atoms with Crippen molar-refractivity contribution in [3.8, 4) is 0 Å². The van der Waals surface area contributed by atoms with Crippen LogP contribution in [0.5, 0.6) is 0 Å². The normalized spacial score (nSPS) is 37.7. The molecule has 0 atom stereocenters. The molecule has 3 heteroatoms. The largest absolute Gasteiger partial charge is 0.384 e. The Morgan fingerprint density at radius 2 is 1.84 bits per heavy atom. The highest BCUT2D eigenvalue weighted by molar-refractivity contribution is 6.14. The molecular formula is C22H29N3. The van der Waals surface area contributed by atoms with Gasteiger partial charge >= 0.3 is 0 Å². The van der Waals surface area contributed by atoms with Crippen molar-refractivity contribution >= 4 is 5.71 Å². The van der Waals surface area contributed by atoms with Gasteiger partial charge in [-0.05, 0) is 86.0 Å². The molecule has 4 aliphatic carbocycles. The maximum Gasteiger partial charge on any atom is 0.0907 e. The Morgan fingerprint density at radius 1 is 1.16 bits per heavy atom. The summed E-state index contributed by atoms with van der Waals surface area (Å²) < 4.78 is 0. The van der Waals surface area contributed by atoms with Crippen LogP contribution in [0.4, 0.5) is 0 Å². The molecule has 4 fully saturated rings. The fourth-order valence-corrected chi connectivity index (χ4v) is 6.18. The molecule has 1 aliphatic heterocycles. The summed E-state index contributed by atoms with van der Waals surface area (Å²) in [5, 5.41) is 3.87. The van der Waals surface area contributed by atoms with Gasteiger partial charge in [0.1, 0.15) is 0 Å². The Balaban J connectivity index is 1.40. The second kappa shape index (κ2) is 5.62. The quantitative estimate of drug-likeness (QED) is 0.815. The molecule has 3 nitrogen and oxygen atoms in total. The first kappa shape index (κ1) is 15.5. The smallest absolute Gasteiger partial charge is 0.0907 e. The fourth-order valence-electron chi connectivity index (χ4n) is 6.18. The van der Waals surface area contributed by atoms with E-state index in [2.05, 4.69) is 42.5 Å². The van der Waals surface area contributed by atoms with E-state index in [1.165, 1.54) is 44.1 Å². The van der Waals surface area contributed by atoms with Crippen molar-refractivity contribution in [2.24, 2.45) is 28.7 Å². The molecule has 0 saturated heterocycles. The molecule has 0 unspecified atom stereocenters. The van der Waals surface area contributed by atoms with Crippen molar-refractivity contribution in [2.45, 2.75) is 57.9 Å². The first-order valence-corrected chi connectivity index (χ1v) is 10.0. The van der Waals surface area contributed by atoms with E-state index in [9.17, 15) is 0 Å². The zero-order valence-corrected chi connectivity index (χ0v) is 15.4. The summed E-state index contributed by atoms with van der Waals surface area (Å²) in [6, 6.07) is 4.16. The minimum absolute atomic E-state index is 0.359. The Kier molecular flexibility index (Phi) is 3.48. The molecule has 1 aromatic rings. The minimum Gasteiger partial charge on any atom is -0.384 e. The molecule has 0 aromatic carbocycles. The molecule has 0 amide bonds. The zero-order valence-electron chi connectivity index (χ0n) is 15.4. The highest BCUT2D eigenvalue weighted by Crippen LogP contribution is 2.55. The monoisotopic (exact) mass is 335 g/mol. The van der Waals surface area contributed by atoms with Crippen molar-refractivity contribution in [3.05, 3.63) is 47.6 Å². The van der Waals surface area contributed by atoms with Crippen LogP contribution in [-0.2, 0) is 0 Å². The lowest BCUT2D eigenvalue weighted by molar-refractivity contribution is -0.0130. The summed E-state index contributed by atoms with van der Waals surface area (Å²) in [4.78, 5) is 8.26. The number of rotatable bonds is 4. The van der Waals surface area contributed by atoms with Gasteiger partial charge in [0.15, 0.2) is 0 Å². The maximum absolute atomic E-state index is 4.94. The molecule has 25 heavy (non-hydrogen) atoms. The first-order chi connectivity index (χ1) is 12.1. The number of nitrogens with one attached hydrogen (secondary N) is 2. The summed E-state index contributed by atoms with van der Waals surface area (Å²) in [7, 11) is 0. The zero-order chi connectivity index (χ0) is 17.0. The molecule has 4 saturated carbocycles. The van der Waals surface area contributed by atoms with Crippen LogP contribution in [0.15, 0.2) is 46.9 Å². The van der Waals surface area contributed by atoms with Gasteiger partial charge in [-0.2, -0.15) is 0 Å². The Labute approximate surface area is 150 Å². The molecule has 132 valence electrons. The second-order valence-corrected chi connectivity index (χ2v) is 9.21. The molecule has 0 radical (unpaired) electrons. The van der Waals surface area contributed by atoms with Crippen LogP contribution in [0.3, 0.4) is 0 Å². The number of allylic oxidation sites excluding steroid dienone is 2. The third kappa shape index (κ3) is 2.68. The number of nitrogens with zero attached hydrogens (tertiary/aromatic N) is 1. The van der Waals surface area contributed by atoms with Gasteiger partial charge in [-0.3, -0.25) is 0 Å². The van der Waals surface area contributed by atoms with E-state index in [1.807, 2.05) is 12.3 Å². The lowest BCUT2D eigenvalue weighted by Crippen LogP contribution is -2.56. The van der Waals surface area contributed by atoms with Crippen LogP contribution in [0.2, 0.25) is 0 Å². The summed E-state index contributed by atoms with van der Waals surface area (Å²) in [6.45, 7) is 4.50. The van der Waals surface area contributed by atoms with Crippen LogP contribution < -0.4 is 5.32 Å². The molecular weight excluding hydrogens is 306 g/mol. The molecule has 2 N–H and O–H groups in total. The molecule has 6 rings (SSSR count). The van der Waals surface area contributed by atoms with Crippen LogP contribution in [0, 0.1) is 23.7 Å². The molecule has 4 bridgehead atoms. The summed E-state index contributed by atoms with van der Waals surface area (Å²) in [5.41, 5.74) is 5.01. The van der Waals surface area contributed by atoms with E-state index in [4.69, 9.17) is 4.99 Å². The Bertz CT molecular complexity index is 713. The van der Waals surface area contributed by atoms with Crippen molar-refractivity contribution in [1.82, 2.24) is 10.3 Å². The summed E-state index contributed by atoms with van der Waals surface area (Å²) in [6.07, 6.45) is 15.0. The maximum atomic E-state index is 4.94. The average Bonchev–Trinajstić information content (AvgIpc) is 3.21. The molecule has 0 spiro atoms. The van der Waals surface area contributed by atoms with E-state index in [0.29, 0.717) is 11.5 Å². The Hall–Kier alpha value is -1.77. The number of aromatic amines is 1. The van der Waals surface area contributed by atoms with Gasteiger partial charge in [0.2, 0.25) is 0 Å². The van der Waals surface area contributed by atoms with Gasteiger partial charge < -0.3 is 10.3 Å². The van der Waals surface area contributed by atoms with Gasteiger partial charge in [0.25, 0.3) is 0 Å². The molecule has 5 aliphatic rings. The summed E-state index contributed by atoms with van der Waals surface area (Å²) >= 11 is 0. The van der Waals surface area contributed by atoms with Crippen LogP contribution in [0.1, 0.15) is 58.1 Å². The third-order valence-electron chi connectivity index (χ3n) is 6.86. The standard InChI is InChI=1S/C22H29N3/c1-14(2)19-9-18(25-21(19)20-4-3-5-23-20)13-24-22-10-15-6-16(11-22)8-17(7-15)12-22/h3-5,9,13-17,23-24H,6-8,10-12H2,1-2H3/b18-13+. The lowest BCUT2D eigenvalue weighted by Gasteiger charge is -2.56. The minimum atomic E-state index is 0.359. The molecule has 2 heterocycles. The number of hydrogen-bond acceptors (Lipinski definition) is 2. The Morgan fingerprint density at radius 3 is 2.40 bits per heavy atom. The third-order valence-corrected chi connectivity index (χ3v) is 6.86. The topological polar surface area (TPSA) is 40.2 Å². The lowest BCUT2D eigenvalue weighted by atomic mass is 9.53. The highest BCUT2D eigenvalue weighted by Gasteiger charge is 2.50. The van der Waals surface area contributed by atoms with Crippen molar-refractivity contribution < 1.29 is 0 Å². The highest BCUT2D eigenvalue weighted by atomic mass is 15.0. The van der Waals surface area contributed by atoms with Crippen molar-refractivity contribution in [1.29, 1.82) is 0 Å². The second-order valence-electron chi connectivity index (χ2n) is 9.21. The van der Waals surface area contributed by atoms with E-state index < -0.39 is 0 Å². The van der Waals surface area contributed by atoms with Gasteiger partial charge in [0, 0.05) is 17.9 Å². The van der Waals surface area contributed by atoms with E-state index in [1.54, 1.807) is 0 Å². The average molecular weight is 335 g/mol. The number of H-pyrrole nitrogens is 1. The molecule has 1 aromatic heterocycles. The van der Waals surface area contributed by atoms with Crippen molar-refractivity contribution in [2.75, 3.05) is 0 Å². The van der Waals surface area contributed by atoms with Crippen molar-refractivity contribution in [3.63, 3.8) is 0 Å².